The van der Waals surface area contributed by atoms with Gasteiger partial charge < -0.3 is 9.73 Å². The van der Waals surface area contributed by atoms with Crippen molar-refractivity contribution in [2.45, 2.75) is 37.8 Å². The highest BCUT2D eigenvalue weighted by molar-refractivity contribution is 7.18. The van der Waals surface area contributed by atoms with Gasteiger partial charge in [0.25, 0.3) is 0 Å². The molecule has 1 saturated carbocycles. The van der Waals surface area contributed by atoms with Crippen molar-refractivity contribution in [2.24, 2.45) is 0 Å². The van der Waals surface area contributed by atoms with Crippen molar-refractivity contribution >= 4 is 27.5 Å². The van der Waals surface area contributed by atoms with Crippen LogP contribution in [0.1, 0.15) is 36.2 Å². The van der Waals surface area contributed by atoms with Gasteiger partial charge in [-0.2, -0.15) is 19.1 Å². The molecule has 3 aromatic heterocycles. The number of fused-ring (bicyclic) bond motifs is 1. The molecule has 1 aliphatic carbocycles. The zero-order chi connectivity index (χ0) is 23.2. The first kappa shape index (κ1) is 21.1. The smallest absolute Gasteiger partial charge is 0.333 e. The molecule has 1 amide bonds. The topological polar surface area (TPSA) is 123 Å². The van der Waals surface area contributed by atoms with E-state index in [0.717, 1.165) is 17.5 Å². The van der Waals surface area contributed by atoms with Crippen molar-refractivity contribution in [1.29, 1.82) is 5.26 Å². The number of rotatable bonds is 7. The van der Waals surface area contributed by atoms with Crippen molar-refractivity contribution < 1.29 is 22.4 Å². The average molecular weight is 473 g/mol. The first-order valence-corrected chi connectivity index (χ1v) is 10.6. The third kappa shape index (κ3) is 4.17. The maximum Gasteiger partial charge on any atom is 0.333 e. The fourth-order valence-electron chi connectivity index (χ4n) is 3.29. The SMILES string of the molecule is N#CC1(NC(=O)Cc2nnc(Cc3nc4ccc(-c5cnn(C(F)F)c5)c(F)c4s3)o2)CC1. The molecule has 13 heteroatoms. The van der Waals surface area contributed by atoms with E-state index in [2.05, 4.69) is 31.7 Å². The lowest BCUT2D eigenvalue weighted by Gasteiger charge is -2.06. The summed E-state index contributed by atoms with van der Waals surface area (Å²) >= 11 is 1.08. The Morgan fingerprint density at radius 3 is 2.82 bits per heavy atom. The summed E-state index contributed by atoms with van der Waals surface area (Å²) in [6.45, 7) is -2.81. The highest BCUT2D eigenvalue weighted by Gasteiger charge is 2.44. The fourth-order valence-corrected chi connectivity index (χ4v) is 4.28. The van der Waals surface area contributed by atoms with Crippen LogP contribution in [0.3, 0.4) is 0 Å². The molecule has 0 atom stereocenters. The van der Waals surface area contributed by atoms with Crippen molar-refractivity contribution in [3.05, 3.63) is 47.1 Å². The number of benzene rings is 1. The van der Waals surface area contributed by atoms with E-state index in [9.17, 15) is 13.6 Å². The lowest BCUT2D eigenvalue weighted by atomic mass is 10.1. The second-order valence-corrected chi connectivity index (χ2v) is 8.64. The van der Waals surface area contributed by atoms with Crippen LogP contribution >= 0.6 is 11.3 Å². The number of hydrogen-bond donors (Lipinski definition) is 1. The first-order valence-electron chi connectivity index (χ1n) is 9.80. The highest BCUT2D eigenvalue weighted by atomic mass is 32.1. The second kappa shape index (κ2) is 7.96. The van der Waals surface area contributed by atoms with Crippen molar-refractivity contribution in [3.8, 4) is 17.2 Å². The van der Waals surface area contributed by atoms with Gasteiger partial charge in [-0.1, -0.05) is 0 Å². The van der Waals surface area contributed by atoms with Crippen LogP contribution in [-0.2, 0) is 17.6 Å². The highest BCUT2D eigenvalue weighted by Crippen LogP contribution is 2.35. The number of amides is 1. The van der Waals surface area contributed by atoms with Gasteiger partial charge in [-0.15, -0.1) is 21.5 Å². The molecule has 1 fully saturated rings. The molecule has 168 valence electrons. The lowest BCUT2D eigenvalue weighted by molar-refractivity contribution is -0.121. The van der Waals surface area contributed by atoms with Crippen molar-refractivity contribution in [2.75, 3.05) is 0 Å². The Balaban J connectivity index is 1.31. The van der Waals surface area contributed by atoms with Gasteiger partial charge in [0.1, 0.15) is 17.0 Å². The zero-order valence-corrected chi connectivity index (χ0v) is 17.6. The molecule has 5 rings (SSSR count). The van der Waals surface area contributed by atoms with E-state index >= 15 is 4.39 Å². The number of halogens is 3. The molecule has 0 spiro atoms. The summed E-state index contributed by atoms with van der Waals surface area (Å²) in [5, 5.41) is 23.5. The number of nitrogens with one attached hydrogen (secondary N) is 1. The van der Waals surface area contributed by atoms with Crippen LogP contribution in [0, 0.1) is 17.1 Å². The van der Waals surface area contributed by atoms with Crippen molar-refractivity contribution in [1.82, 2.24) is 30.3 Å². The Labute approximate surface area is 187 Å². The summed E-state index contributed by atoms with van der Waals surface area (Å²) in [5.74, 6) is -0.660. The van der Waals surface area contributed by atoms with Crippen LogP contribution in [0.15, 0.2) is 28.9 Å². The number of nitrogens with zero attached hydrogens (tertiary/aromatic N) is 6. The van der Waals surface area contributed by atoms with Crippen LogP contribution in [-0.4, -0.2) is 36.4 Å². The summed E-state index contributed by atoms with van der Waals surface area (Å²) in [4.78, 5) is 16.4. The van der Waals surface area contributed by atoms with E-state index in [4.69, 9.17) is 9.68 Å². The molecule has 9 nitrogen and oxygen atoms in total. The summed E-state index contributed by atoms with van der Waals surface area (Å²) in [7, 11) is 0. The minimum Gasteiger partial charge on any atom is -0.424 e. The van der Waals surface area contributed by atoms with E-state index in [1.165, 1.54) is 12.3 Å². The molecule has 33 heavy (non-hydrogen) atoms. The number of aromatic nitrogens is 5. The van der Waals surface area contributed by atoms with Gasteiger partial charge in [-0.05, 0) is 25.0 Å². The van der Waals surface area contributed by atoms with Gasteiger partial charge >= 0.3 is 6.55 Å². The van der Waals surface area contributed by atoms with Crippen molar-refractivity contribution in [3.63, 3.8) is 0 Å². The van der Waals surface area contributed by atoms with Gasteiger partial charge in [0.05, 0.1) is 28.9 Å². The molecule has 0 bridgehead atoms. The Morgan fingerprint density at radius 1 is 1.33 bits per heavy atom. The van der Waals surface area contributed by atoms with Crippen LogP contribution in [0.4, 0.5) is 13.2 Å². The van der Waals surface area contributed by atoms with E-state index in [-0.39, 0.29) is 46.4 Å². The summed E-state index contributed by atoms with van der Waals surface area (Å²) in [6, 6.07) is 5.13. The number of alkyl halides is 2. The molecule has 3 heterocycles. The minimum atomic E-state index is -2.81. The van der Waals surface area contributed by atoms with E-state index in [0.29, 0.717) is 28.0 Å². The van der Waals surface area contributed by atoms with Crippen LogP contribution in [0.2, 0.25) is 0 Å². The molecular weight excluding hydrogens is 459 g/mol. The minimum absolute atomic E-state index is 0.0989. The largest absolute Gasteiger partial charge is 0.424 e. The van der Waals surface area contributed by atoms with Gasteiger partial charge in [-0.25, -0.2) is 14.1 Å². The standard InChI is InChI=1S/C20H14F3N7O2S/c21-17-11(10-7-25-30(8-10)19(22)23)1-2-12-18(17)33-16(26-12)6-15-29-28-14(32-15)5-13(31)27-20(9-24)3-4-20/h1-2,7-8,19H,3-6H2,(H,27,31). The van der Waals surface area contributed by atoms with Crippen LogP contribution < -0.4 is 5.32 Å². The molecule has 0 aliphatic heterocycles. The summed E-state index contributed by atoms with van der Waals surface area (Å²) in [6.07, 6.45) is 3.48. The maximum atomic E-state index is 15.1. The predicted molar refractivity (Wildman–Crippen MR) is 109 cm³/mol. The molecular formula is C20H14F3N7O2S. The third-order valence-corrected chi connectivity index (χ3v) is 6.18. The van der Waals surface area contributed by atoms with Gasteiger partial charge in [0.15, 0.2) is 5.82 Å². The summed E-state index contributed by atoms with van der Waals surface area (Å²) in [5.41, 5.74) is 0.000303. The molecule has 0 unspecified atom stereocenters. The quantitative estimate of drug-likeness (QED) is 0.437. The lowest BCUT2D eigenvalue weighted by Crippen LogP contribution is -2.36. The molecule has 1 aromatic carbocycles. The van der Waals surface area contributed by atoms with E-state index in [1.807, 2.05) is 0 Å². The maximum absolute atomic E-state index is 15.1. The monoisotopic (exact) mass is 473 g/mol. The number of hydrogen-bond acceptors (Lipinski definition) is 8. The second-order valence-electron chi connectivity index (χ2n) is 7.55. The molecule has 0 saturated heterocycles. The molecule has 4 aromatic rings. The molecule has 0 radical (unpaired) electrons. The fraction of sp³-hybridized carbons (Fsp3) is 0.300. The van der Waals surface area contributed by atoms with E-state index in [1.54, 1.807) is 6.07 Å². The summed E-state index contributed by atoms with van der Waals surface area (Å²) < 4.78 is 46.8. The molecule has 1 aliphatic rings. The third-order valence-electron chi connectivity index (χ3n) is 5.12. The van der Waals surface area contributed by atoms with Gasteiger partial charge in [0.2, 0.25) is 17.7 Å². The number of carbonyl (C=O) groups excluding carboxylic acids is 1. The Bertz CT molecular complexity index is 1400. The van der Waals surface area contributed by atoms with Crippen LogP contribution in [0.5, 0.6) is 0 Å². The number of nitriles is 1. The Kier molecular flexibility index (Phi) is 5.09. The predicted octanol–water partition coefficient (Wildman–Crippen LogP) is 3.38. The van der Waals surface area contributed by atoms with Gasteiger partial charge in [0, 0.05) is 17.3 Å². The zero-order valence-electron chi connectivity index (χ0n) is 16.8. The Hall–Kier alpha value is -3.79. The average Bonchev–Trinajstić information content (AvgIpc) is 3.16. The Morgan fingerprint density at radius 2 is 2.12 bits per heavy atom. The van der Waals surface area contributed by atoms with Gasteiger partial charge in [-0.3, -0.25) is 4.79 Å². The number of thiazole rings is 1. The van der Waals surface area contributed by atoms with E-state index < -0.39 is 17.9 Å². The molecule has 1 N–H and O–H groups in total. The number of carbonyl (C=O) groups is 1. The first-order chi connectivity index (χ1) is 15.9. The van der Waals surface area contributed by atoms with Crippen LogP contribution in [0.25, 0.3) is 21.3 Å². The normalized spacial score (nSPS) is 14.5.